The quantitative estimate of drug-likeness (QED) is 0.841. The average molecular weight is 264 g/mol. The molecule has 0 aromatic heterocycles. The Hall–Kier alpha value is -1.09. The lowest BCUT2D eigenvalue weighted by Crippen LogP contribution is -2.28. The number of aryl methyl sites for hydroxylation is 1. The van der Waals surface area contributed by atoms with Crippen LogP contribution in [0.5, 0.6) is 0 Å². The van der Waals surface area contributed by atoms with E-state index in [1.165, 1.54) is 18.5 Å². The molecule has 19 heavy (non-hydrogen) atoms. The number of halogens is 1. The molecule has 1 aliphatic rings. The predicted octanol–water partition coefficient (Wildman–Crippen LogP) is 3.79. The number of anilines is 1. The highest BCUT2D eigenvalue weighted by molar-refractivity contribution is 5.58. The van der Waals surface area contributed by atoms with E-state index in [0.717, 1.165) is 24.2 Å². The second-order valence-corrected chi connectivity index (χ2v) is 5.46. The number of hydrogen-bond donors (Lipinski definition) is 1. The summed E-state index contributed by atoms with van der Waals surface area (Å²) in [6.07, 6.45) is 2.53. The first-order valence-corrected chi connectivity index (χ1v) is 7.38. The fourth-order valence-electron chi connectivity index (χ4n) is 2.70. The first-order valence-electron chi connectivity index (χ1n) is 7.38. The Labute approximate surface area is 116 Å². The molecule has 1 aromatic rings. The van der Waals surface area contributed by atoms with Crippen LogP contribution >= 0.6 is 0 Å². The molecule has 3 heteroatoms. The van der Waals surface area contributed by atoms with Crippen LogP contribution in [0.25, 0.3) is 0 Å². The maximum absolute atomic E-state index is 13.9. The van der Waals surface area contributed by atoms with E-state index in [2.05, 4.69) is 31.0 Å². The Bertz CT molecular complexity index is 441. The molecular formula is C16H25FN2. The molecule has 0 radical (unpaired) electrons. The van der Waals surface area contributed by atoms with E-state index in [1.807, 2.05) is 13.0 Å². The number of nitrogens with zero attached hydrogens (tertiary/aromatic N) is 1. The summed E-state index contributed by atoms with van der Waals surface area (Å²) >= 11 is 0. The molecule has 1 atom stereocenters. The summed E-state index contributed by atoms with van der Waals surface area (Å²) in [6, 6.07) is 4.56. The maximum Gasteiger partial charge on any atom is 0.126 e. The summed E-state index contributed by atoms with van der Waals surface area (Å²) in [5.41, 5.74) is 3.03. The third kappa shape index (κ3) is 3.08. The minimum Gasteiger partial charge on any atom is -0.369 e. The van der Waals surface area contributed by atoms with Crippen LogP contribution in [-0.2, 0) is 0 Å². The van der Waals surface area contributed by atoms with Crippen LogP contribution in [0.4, 0.5) is 10.1 Å². The van der Waals surface area contributed by atoms with Crippen molar-refractivity contribution in [2.45, 2.75) is 52.6 Å². The molecular weight excluding hydrogens is 239 g/mol. The molecule has 1 N–H and O–H groups in total. The van der Waals surface area contributed by atoms with E-state index >= 15 is 0 Å². The highest BCUT2D eigenvalue weighted by Gasteiger charge is 2.30. The molecule has 0 heterocycles. The number of hydrogen-bond acceptors (Lipinski definition) is 2. The van der Waals surface area contributed by atoms with E-state index in [1.54, 1.807) is 6.07 Å². The Balaban J connectivity index is 2.40. The number of benzene rings is 1. The topological polar surface area (TPSA) is 15.3 Å². The molecule has 0 bridgehead atoms. The van der Waals surface area contributed by atoms with Gasteiger partial charge in [0.1, 0.15) is 5.82 Å². The van der Waals surface area contributed by atoms with Gasteiger partial charge in [0.2, 0.25) is 0 Å². The summed E-state index contributed by atoms with van der Waals surface area (Å²) in [5.74, 6) is -0.102. The molecule has 1 aromatic carbocycles. The molecule has 106 valence electrons. The third-order valence-corrected chi connectivity index (χ3v) is 3.92. The third-order valence-electron chi connectivity index (χ3n) is 3.92. The van der Waals surface area contributed by atoms with Gasteiger partial charge in [-0.05, 0) is 63.4 Å². The van der Waals surface area contributed by atoms with Crippen molar-refractivity contribution < 1.29 is 4.39 Å². The zero-order chi connectivity index (χ0) is 14.0. The van der Waals surface area contributed by atoms with Crippen molar-refractivity contribution in [1.82, 2.24) is 5.32 Å². The smallest absolute Gasteiger partial charge is 0.126 e. The zero-order valence-electron chi connectivity index (χ0n) is 12.5. The summed E-state index contributed by atoms with van der Waals surface area (Å²) in [4.78, 5) is 2.43. The molecule has 2 rings (SSSR count). The van der Waals surface area contributed by atoms with E-state index in [4.69, 9.17) is 0 Å². The monoisotopic (exact) mass is 264 g/mol. The normalized spacial score (nSPS) is 16.5. The zero-order valence-corrected chi connectivity index (χ0v) is 12.5. The molecule has 1 unspecified atom stereocenters. The van der Waals surface area contributed by atoms with Crippen molar-refractivity contribution in [2.24, 2.45) is 0 Å². The molecule has 0 amide bonds. The lowest BCUT2D eigenvalue weighted by molar-refractivity contribution is 0.577. The first-order chi connectivity index (χ1) is 9.08. The standard InChI is InChI=1S/C16H25FN2/c1-5-18-12(4)14-10-15(17)11(3)9-16(14)19(6-2)13-7-8-13/h9-10,12-13,18H,5-8H2,1-4H3. The Morgan fingerprint density at radius 2 is 2.05 bits per heavy atom. The van der Waals surface area contributed by atoms with Gasteiger partial charge in [-0.1, -0.05) is 6.92 Å². The largest absolute Gasteiger partial charge is 0.369 e. The first kappa shape index (κ1) is 14.3. The fraction of sp³-hybridized carbons (Fsp3) is 0.625. The Morgan fingerprint density at radius 3 is 2.58 bits per heavy atom. The Morgan fingerprint density at radius 1 is 1.37 bits per heavy atom. The number of rotatable bonds is 6. The Kier molecular flexibility index (Phi) is 4.46. The minimum absolute atomic E-state index is 0.102. The minimum atomic E-state index is -0.102. The van der Waals surface area contributed by atoms with Gasteiger partial charge < -0.3 is 10.2 Å². The van der Waals surface area contributed by atoms with Gasteiger partial charge in [0, 0.05) is 24.3 Å². The summed E-state index contributed by atoms with van der Waals surface area (Å²) in [5, 5.41) is 3.39. The van der Waals surface area contributed by atoms with Gasteiger partial charge in [0.25, 0.3) is 0 Å². The highest BCUT2D eigenvalue weighted by Crippen LogP contribution is 2.36. The van der Waals surface area contributed by atoms with Crippen molar-refractivity contribution in [2.75, 3.05) is 18.0 Å². The van der Waals surface area contributed by atoms with Gasteiger partial charge in [-0.3, -0.25) is 0 Å². The molecule has 1 aliphatic carbocycles. The van der Waals surface area contributed by atoms with Crippen LogP contribution in [0, 0.1) is 12.7 Å². The van der Waals surface area contributed by atoms with Crippen molar-refractivity contribution in [3.05, 3.63) is 29.1 Å². The van der Waals surface area contributed by atoms with Gasteiger partial charge in [-0.25, -0.2) is 4.39 Å². The summed E-state index contributed by atoms with van der Waals surface area (Å²) in [6.45, 7) is 10.1. The average Bonchev–Trinajstić information content (AvgIpc) is 3.19. The van der Waals surface area contributed by atoms with E-state index < -0.39 is 0 Å². The second-order valence-electron chi connectivity index (χ2n) is 5.46. The van der Waals surface area contributed by atoms with Crippen LogP contribution in [0.3, 0.4) is 0 Å². The fourth-order valence-corrected chi connectivity index (χ4v) is 2.70. The van der Waals surface area contributed by atoms with Crippen LogP contribution in [0.15, 0.2) is 12.1 Å². The molecule has 0 saturated heterocycles. The van der Waals surface area contributed by atoms with Gasteiger partial charge in [-0.15, -0.1) is 0 Å². The van der Waals surface area contributed by atoms with E-state index in [0.29, 0.717) is 6.04 Å². The molecule has 1 fully saturated rings. The summed E-state index contributed by atoms with van der Waals surface area (Å²) in [7, 11) is 0. The van der Waals surface area contributed by atoms with Gasteiger partial charge in [0.15, 0.2) is 0 Å². The van der Waals surface area contributed by atoms with Crippen molar-refractivity contribution in [3.63, 3.8) is 0 Å². The van der Waals surface area contributed by atoms with Crippen LogP contribution in [0.2, 0.25) is 0 Å². The molecule has 0 aliphatic heterocycles. The number of nitrogens with one attached hydrogen (secondary N) is 1. The molecule has 1 saturated carbocycles. The van der Waals surface area contributed by atoms with Crippen molar-refractivity contribution >= 4 is 5.69 Å². The van der Waals surface area contributed by atoms with Crippen molar-refractivity contribution in [3.8, 4) is 0 Å². The highest BCUT2D eigenvalue weighted by atomic mass is 19.1. The van der Waals surface area contributed by atoms with Crippen LogP contribution in [0.1, 0.15) is 50.8 Å². The lowest BCUT2D eigenvalue weighted by Gasteiger charge is -2.28. The van der Waals surface area contributed by atoms with Crippen molar-refractivity contribution in [1.29, 1.82) is 0 Å². The summed E-state index contributed by atoms with van der Waals surface area (Å²) < 4.78 is 13.9. The van der Waals surface area contributed by atoms with Crippen LogP contribution in [-0.4, -0.2) is 19.1 Å². The maximum atomic E-state index is 13.9. The predicted molar refractivity (Wildman–Crippen MR) is 79.3 cm³/mol. The van der Waals surface area contributed by atoms with Gasteiger partial charge in [-0.2, -0.15) is 0 Å². The van der Waals surface area contributed by atoms with Gasteiger partial charge in [0.05, 0.1) is 0 Å². The van der Waals surface area contributed by atoms with Crippen LogP contribution < -0.4 is 10.2 Å². The van der Waals surface area contributed by atoms with E-state index in [9.17, 15) is 4.39 Å². The van der Waals surface area contributed by atoms with Gasteiger partial charge >= 0.3 is 0 Å². The SMILES string of the molecule is CCNC(C)c1cc(F)c(C)cc1N(CC)C1CC1. The molecule has 0 spiro atoms. The lowest BCUT2D eigenvalue weighted by atomic mass is 10.0. The van der Waals surface area contributed by atoms with E-state index in [-0.39, 0.29) is 11.9 Å². The molecule has 2 nitrogen and oxygen atoms in total. The second kappa shape index (κ2) is 5.91.